The molecule has 0 aromatic heterocycles. The standard InChI is InChI=1S/C22H25ClN2O5/c1-15(26)25-20(17-5-7-18(23)8-6-17)13-22(28)30-14-21(27)24-12-11-16-3-9-19(29-2)10-4-16/h3-10,20H,11-14H2,1-2H3,(H,24,27)(H,25,26). The zero-order valence-electron chi connectivity index (χ0n) is 16.9. The lowest BCUT2D eigenvalue weighted by atomic mass is 10.0. The fourth-order valence-electron chi connectivity index (χ4n) is 2.75. The van der Waals surface area contributed by atoms with Crippen LogP contribution in [0.15, 0.2) is 48.5 Å². The van der Waals surface area contributed by atoms with Crippen molar-refractivity contribution in [3.8, 4) is 5.75 Å². The van der Waals surface area contributed by atoms with Crippen LogP contribution in [0.3, 0.4) is 0 Å². The van der Waals surface area contributed by atoms with Gasteiger partial charge in [-0.1, -0.05) is 35.9 Å². The third kappa shape index (κ3) is 8.13. The van der Waals surface area contributed by atoms with Crippen LogP contribution in [-0.4, -0.2) is 38.0 Å². The molecule has 1 unspecified atom stereocenters. The van der Waals surface area contributed by atoms with Gasteiger partial charge in [0.2, 0.25) is 5.91 Å². The number of benzene rings is 2. The molecule has 0 saturated carbocycles. The van der Waals surface area contributed by atoms with E-state index in [1.807, 2.05) is 24.3 Å². The number of halogens is 1. The second-order valence-electron chi connectivity index (χ2n) is 6.62. The number of methoxy groups -OCH3 is 1. The first kappa shape index (κ1) is 23.2. The van der Waals surface area contributed by atoms with E-state index in [9.17, 15) is 14.4 Å². The molecule has 2 aromatic carbocycles. The first-order chi connectivity index (χ1) is 14.4. The van der Waals surface area contributed by atoms with Crippen molar-refractivity contribution in [3.63, 3.8) is 0 Å². The molecule has 160 valence electrons. The lowest BCUT2D eigenvalue weighted by Gasteiger charge is -2.17. The van der Waals surface area contributed by atoms with E-state index in [1.54, 1.807) is 31.4 Å². The van der Waals surface area contributed by atoms with Crippen molar-refractivity contribution >= 4 is 29.4 Å². The second-order valence-corrected chi connectivity index (χ2v) is 7.05. The summed E-state index contributed by atoms with van der Waals surface area (Å²) in [5.74, 6) is -0.488. The summed E-state index contributed by atoms with van der Waals surface area (Å²) >= 11 is 5.88. The molecule has 0 bridgehead atoms. The molecular weight excluding hydrogens is 408 g/mol. The first-order valence-corrected chi connectivity index (χ1v) is 9.83. The maximum atomic E-state index is 12.1. The van der Waals surface area contributed by atoms with Crippen LogP contribution in [0.5, 0.6) is 5.75 Å². The summed E-state index contributed by atoms with van der Waals surface area (Å²) in [5.41, 5.74) is 1.77. The Bertz CT molecular complexity index is 853. The number of hydrogen-bond acceptors (Lipinski definition) is 5. The number of esters is 1. The van der Waals surface area contributed by atoms with Crippen LogP contribution in [0, 0.1) is 0 Å². The molecule has 1 atom stereocenters. The fourth-order valence-corrected chi connectivity index (χ4v) is 2.88. The largest absolute Gasteiger partial charge is 0.497 e. The number of nitrogens with one attached hydrogen (secondary N) is 2. The molecule has 0 radical (unpaired) electrons. The number of amides is 2. The van der Waals surface area contributed by atoms with Gasteiger partial charge in [0.05, 0.1) is 19.6 Å². The van der Waals surface area contributed by atoms with Crippen molar-refractivity contribution in [3.05, 3.63) is 64.7 Å². The SMILES string of the molecule is COc1ccc(CCNC(=O)COC(=O)CC(NC(C)=O)c2ccc(Cl)cc2)cc1. The van der Waals surface area contributed by atoms with Gasteiger partial charge in [0.15, 0.2) is 6.61 Å². The van der Waals surface area contributed by atoms with Gasteiger partial charge in [0, 0.05) is 18.5 Å². The molecule has 2 rings (SSSR count). The lowest BCUT2D eigenvalue weighted by molar-refractivity contribution is -0.149. The van der Waals surface area contributed by atoms with E-state index in [0.717, 1.165) is 16.9 Å². The molecule has 8 heteroatoms. The van der Waals surface area contributed by atoms with Gasteiger partial charge >= 0.3 is 5.97 Å². The smallest absolute Gasteiger partial charge is 0.308 e. The van der Waals surface area contributed by atoms with Gasteiger partial charge in [0.1, 0.15) is 5.75 Å². The van der Waals surface area contributed by atoms with Crippen LogP contribution in [0.4, 0.5) is 0 Å². The monoisotopic (exact) mass is 432 g/mol. The molecule has 0 heterocycles. The maximum absolute atomic E-state index is 12.1. The van der Waals surface area contributed by atoms with Crippen LogP contribution in [0.25, 0.3) is 0 Å². The van der Waals surface area contributed by atoms with Gasteiger partial charge in [-0.15, -0.1) is 0 Å². The minimum absolute atomic E-state index is 0.0969. The van der Waals surface area contributed by atoms with Crippen LogP contribution >= 0.6 is 11.6 Å². The third-order valence-corrected chi connectivity index (χ3v) is 4.53. The summed E-state index contributed by atoms with van der Waals surface area (Å²) in [4.78, 5) is 35.5. The Balaban J connectivity index is 1.76. The number of ether oxygens (including phenoxy) is 2. The van der Waals surface area contributed by atoms with Crippen LogP contribution in [0.1, 0.15) is 30.5 Å². The van der Waals surface area contributed by atoms with Crippen molar-refractivity contribution in [1.29, 1.82) is 0 Å². The van der Waals surface area contributed by atoms with E-state index < -0.39 is 12.0 Å². The molecule has 2 N–H and O–H groups in total. The third-order valence-electron chi connectivity index (χ3n) is 4.28. The Hall–Kier alpha value is -3.06. The molecule has 30 heavy (non-hydrogen) atoms. The molecule has 0 spiro atoms. The highest BCUT2D eigenvalue weighted by Gasteiger charge is 2.19. The molecule has 2 amide bonds. The van der Waals surface area contributed by atoms with Crippen molar-refractivity contribution in [2.45, 2.75) is 25.8 Å². The van der Waals surface area contributed by atoms with Gasteiger partial charge in [-0.25, -0.2) is 0 Å². The van der Waals surface area contributed by atoms with Gasteiger partial charge in [0.25, 0.3) is 5.91 Å². The Morgan fingerprint density at radius 2 is 1.70 bits per heavy atom. The zero-order chi connectivity index (χ0) is 21.9. The lowest BCUT2D eigenvalue weighted by Crippen LogP contribution is -2.32. The fraction of sp³-hybridized carbons (Fsp3) is 0.318. The van der Waals surface area contributed by atoms with Crippen molar-refractivity contribution < 1.29 is 23.9 Å². The van der Waals surface area contributed by atoms with Gasteiger partial charge < -0.3 is 20.1 Å². The first-order valence-electron chi connectivity index (χ1n) is 9.45. The van der Waals surface area contributed by atoms with Crippen molar-refractivity contribution in [1.82, 2.24) is 10.6 Å². The van der Waals surface area contributed by atoms with Crippen LogP contribution in [-0.2, 0) is 25.5 Å². The summed E-state index contributed by atoms with van der Waals surface area (Å²) in [6.45, 7) is 1.40. The van der Waals surface area contributed by atoms with E-state index in [4.69, 9.17) is 21.1 Å². The number of carbonyl (C=O) groups excluding carboxylic acids is 3. The highest BCUT2D eigenvalue weighted by Crippen LogP contribution is 2.20. The Morgan fingerprint density at radius 1 is 1.03 bits per heavy atom. The Kier molecular flexibility index (Phi) is 9.15. The maximum Gasteiger partial charge on any atom is 0.308 e. The Morgan fingerprint density at radius 3 is 2.30 bits per heavy atom. The Labute approximate surface area is 180 Å². The number of rotatable bonds is 10. The topological polar surface area (TPSA) is 93.7 Å². The van der Waals surface area contributed by atoms with E-state index >= 15 is 0 Å². The van der Waals surface area contributed by atoms with Crippen molar-refractivity contribution in [2.24, 2.45) is 0 Å². The van der Waals surface area contributed by atoms with E-state index in [1.165, 1.54) is 6.92 Å². The second kappa shape index (κ2) is 11.8. The average Bonchev–Trinajstić information content (AvgIpc) is 2.72. The van der Waals surface area contributed by atoms with Crippen LogP contribution < -0.4 is 15.4 Å². The minimum Gasteiger partial charge on any atom is -0.497 e. The average molecular weight is 433 g/mol. The van der Waals surface area contributed by atoms with Gasteiger partial charge in [-0.2, -0.15) is 0 Å². The molecule has 0 fully saturated rings. The molecular formula is C22H25ClN2O5. The molecule has 0 saturated heterocycles. The molecule has 2 aromatic rings. The van der Waals surface area contributed by atoms with E-state index in [-0.39, 0.29) is 24.8 Å². The summed E-state index contributed by atoms with van der Waals surface area (Å²) in [6, 6.07) is 13.8. The highest BCUT2D eigenvalue weighted by molar-refractivity contribution is 6.30. The zero-order valence-corrected chi connectivity index (χ0v) is 17.7. The summed E-state index contributed by atoms with van der Waals surface area (Å²) in [6.07, 6.45) is 0.547. The van der Waals surface area contributed by atoms with Gasteiger partial charge in [-0.05, 0) is 41.8 Å². The van der Waals surface area contributed by atoms with Crippen molar-refractivity contribution in [2.75, 3.05) is 20.3 Å². The predicted octanol–water partition coefficient (Wildman–Crippen LogP) is 2.82. The molecule has 0 aliphatic rings. The van der Waals surface area contributed by atoms with E-state index in [0.29, 0.717) is 18.0 Å². The number of hydrogen-bond donors (Lipinski definition) is 2. The molecule has 7 nitrogen and oxygen atoms in total. The highest BCUT2D eigenvalue weighted by atomic mass is 35.5. The van der Waals surface area contributed by atoms with E-state index in [2.05, 4.69) is 10.6 Å². The summed E-state index contributed by atoms with van der Waals surface area (Å²) < 4.78 is 10.2. The molecule has 0 aliphatic heterocycles. The van der Waals surface area contributed by atoms with Crippen LogP contribution in [0.2, 0.25) is 5.02 Å². The predicted molar refractivity (Wildman–Crippen MR) is 113 cm³/mol. The summed E-state index contributed by atoms with van der Waals surface area (Å²) in [5, 5.41) is 5.96. The summed E-state index contributed by atoms with van der Waals surface area (Å²) in [7, 11) is 1.60. The minimum atomic E-state index is -0.589. The number of carbonyl (C=O) groups is 3. The normalized spacial score (nSPS) is 11.3. The van der Waals surface area contributed by atoms with Gasteiger partial charge in [-0.3, -0.25) is 14.4 Å². The quantitative estimate of drug-likeness (QED) is 0.563. The molecule has 0 aliphatic carbocycles.